The van der Waals surface area contributed by atoms with Crippen molar-refractivity contribution in [2.24, 2.45) is 0 Å². The molecule has 0 aromatic heterocycles. The van der Waals surface area contributed by atoms with Crippen LogP contribution in [0.1, 0.15) is 23.6 Å². The Morgan fingerprint density at radius 2 is 1.51 bits per heavy atom. The fourth-order valence-electron chi connectivity index (χ4n) is 3.40. The van der Waals surface area contributed by atoms with Crippen LogP contribution < -0.4 is 23.7 Å². The number of esters is 1. The van der Waals surface area contributed by atoms with E-state index in [4.69, 9.17) is 23.7 Å². The highest BCUT2D eigenvalue weighted by atomic mass is 16.6. The molecule has 0 aliphatic carbocycles. The summed E-state index contributed by atoms with van der Waals surface area (Å²) in [7, 11) is 4.59. The van der Waals surface area contributed by atoms with E-state index in [1.807, 2.05) is 31.2 Å². The van der Waals surface area contributed by atoms with E-state index in [1.165, 1.54) is 14.2 Å². The van der Waals surface area contributed by atoms with Crippen molar-refractivity contribution in [2.75, 3.05) is 27.9 Å². The average molecular weight is 474 g/mol. The molecule has 7 heteroatoms. The number of methoxy groups -OCH3 is 3. The standard InChI is InChI=1S/C28H27NO6/c1-5-34-23-10-6-19(7-11-23)16-28(30)35-25-12-8-20(15-26(25)32-3)14-22(18-29)21-9-13-24(31-2)27(17-21)33-4/h6-15,17H,5,16H2,1-4H3/b22-14-. The van der Waals surface area contributed by atoms with E-state index >= 15 is 0 Å². The molecule has 0 fully saturated rings. The van der Waals surface area contributed by atoms with Crippen molar-refractivity contribution in [3.05, 3.63) is 77.4 Å². The van der Waals surface area contributed by atoms with Crippen LogP contribution in [0.4, 0.5) is 0 Å². The van der Waals surface area contributed by atoms with Crippen LogP contribution in [0.2, 0.25) is 0 Å². The molecule has 0 aliphatic rings. The minimum Gasteiger partial charge on any atom is -0.494 e. The van der Waals surface area contributed by atoms with Gasteiger partial charge in [-0.2, -0.15) is 5.26 Å². The molecule has 0 heterocycles. The molecule has 0 unspecified atom stereocenters. The number of hydrogen-bond donors (Lipinski definition) is 0. The predicted molar refractivity (Wildman–Crippen MR) is 133 cm³/mol. The van der Waals surface area contributed by atoms with Gasteiger partial charge >= 0.3 is 5.97 Å². The average Bonchev–Trinajstić information content (AvgIpc) is 2.88. The van der Waals surface area contributed by atoms with E-state index < -0.39 is 5.97 Å². The highest BCUT2D eigenvalue weighted by molar-refractivity contribution is 5.90. The molecule has 3 aromatic carbocycles. The Hall–Kier alpha value is -4.44. The highest BCUT2D eigenvalue weighted by Gasteiger charge is 2.13. The first kappa shape index (κ1) is 25.2. The zero-order valence-electron chi connectivity index (χ0n) is 20.2. The monoisotopic (exact) mass is 473 g/mol. The smallest absolute Gasteiger partial charge is 0.315 e. The molecule has 0 saturated carbocycles. The molecular formula is C28H27NO6. The Labute approximate surface area is 205 Å². The van der Waals surface area contributed by atoms with Crippen LogP contribution in [0.25, 0.3) is 11.6 Å². The predicted octanol–water partition coefficient (Wildman–Crippen LogP) is 5.32. The van der Waals surface area contributed by atoms with Crippen LogP contribution in [0.15, 0.2) is 60.7 Å². The van der Waals surface area contributed by atoms with E-state index in [2.05, 4.69) is 6.07 Å². The maximum absolute atomic E-state index is 12.5. The number of allylic oxidation sites excluding steroid dienone is 1. The van der Waals surface area contributed by atoms with Gasteiger partial charge in [0.1, 0.15) is 5.75 Å². The lowest BCUT2D eigenvalue weighted by molar-refractivity contribution is -0.133. The third-order valence-electron chi connectivity index (χ3n) is 5.12. The second-order valence-corrected chi connectivity index (χ2v) is 7.38. The van der Waals surface area contributed by atoms with Gasteiger partial charge in [-0.1, -0.05) is 18.2 Å². The van der Waals surface area contributed by atoms with Crippen LogP contribution >= 0.6 is 0 Å². The molecule has 0 aliphatic heterocycles. The van der Waals surface area contributed by atoms with Crippen LogP contribution in [0.3, 0.4) is 0 Å². The van der Waals surface area contributed by atoms with Crippen molar-refractivity contribution in [1.82, 2.24) is 0 Å². The Kier molecular flexibility index (Phi) is 8.74. The largest absolute Gasteiger partial charge is 0.494 e. The molecule has 3 aromatic rings. The first-order valence-electron chi connectivity index (χ1n) is 11.0. The molecule has 0 radical (unpaired) electrons. The molecule has 35 heavy (non-hydrogen) atoms. The summed E-state index contributed by atoms with van der Waals surface area (Å²) < 4.78 is 27.0. The molecule has 180 valence electrons. The van der Waals surface area contributed by atoms with Crippen LogP contribution in [-0.4, -0.2) is 33.9 Å². The van der Waals surface area contributed by atoms with Gasteiger partial charge in [0.15, 0.2) is 23.0 Å². The Balaban J connectivity index is 1.77. The zero-order valence-corrected chi connectivity index (χ0v) is 20.2. The minimum absolute atomic E-state index is 0.106. The molecule has 0 atom stereocenters. The number of nitriles is 1. The summed E-state index contributed by atoms with van der Waals surface area (Å²) in [6.45, 7) is 2.49. The lowest BCUT2D eigenvalue weighted by atomic mass is 10.0. The number of carbonyl (C=O) groups excluding carboxylic acids is 1. The van der Waals surface area contributed by atoms with Crippen molar-refractivity contribution in [3.8, 4) is 34.8 Å². The summed E-state index contributed by atoms with van der Waals surface area (Å²) in [5.41, 5.74) is 2.62. The lowest BCUT2D eigenvalue weighted by Crippen LogP contribution is -2.12. The summed E-state index contributed by atoms with van der Waals surface area (Å²) in [5.74, 6) is 2.11. The van der Waals surface area contributed by atoms with Gasteiger partial charge in [0.05, 0.1) is 46.0 Å². The SMILES string of the molecule is CCOc1ccc(CC(=O)Oc2ccc(/C=C(/C#N)c3ccc(OC)c(OC)c3)cc2OC)cc1. The second-order valence-electron chi connectivity index (χ2n) is 7.38. The summed E-state index contributed by atoms with van der Waals surface area (Å²) in [6, 6.07) is 19.9. The zero-order chi connectivity index (χ0) is 25.2. The fraction of sp³-hybridized carbons (Fsp3) is 0.214. The molecule has 0 amide bonds. The van der Waals surface area contributed by atoms with Crippen LogP contribution in [-0.2, 0) is 11.2 Å². The maximum Gasteiger partial charge on any atom is 0.315 e. The van der Waals surface area contributed by atoms with E-state index in [0.717, 1.165) is 11.3 Å². The van der Waals surface area contributed by atoms with Gasteiger partial charge in [-0.05, 0) is 72.2 Å². The van der Waals surface area contributed by atoms with Gasteiger partial charge in [0, 0.05) is 0 Å². The van der Waals surface area contributed by atoms with Gasteiger partial charge < -0.3 is 23.7 Å². The van der Waals surface area contributed by atoms with Crippen molar-refractivity contribution in [1.29, 1.82) is 5.26 Å². The van der Waals surface area contributed by atoms with Gasteiger partial charge in [0.25, 0.3) is 0 Å². The van der Waals surface area contributed by atoms with Crippen molar-refractivity contribution in [2.45, 2.75) is 13.3 Å². The third-order valence-corrected chi connectivity index (χ3v) is 5.12. The summed E-state index contributed by atoms with van der Waals surface area (Å²) in [6.07, 6.45) is 1.82. The number of ether oxygens (including phenoxy) is 5. The summed E-state index contributed by atoms with van der Waals surface area (Å²) in [5, 5.41) is 9.72. The maximum atomic E-state index is 12.5. The van der Waals surface area contributed by atoms with Gasteiger partial charge in [-0.3, -0.25) is 4.79 Å². The number of nitrogens with zero attached hydrogens (tertiary/aromatic N) is 1. The first-order chi connectivity index (χ1) is 17.0. The molecule has 0 bridgehead atoms. The van der Waals surface area contributed by atoms with Crippen molar-refractivity contribution < 1.29 is 28.5 Å². The number of carbonyl (C=O) groups is 1. The molecule has 0 spiro atoms. The third kappa shape index (κ3) is 6.55. The number of rotatable bonds is 10. The molecule has 3 rings (SSSR count). The van der Waals surface area contributed by atoms with E-state index in [-0.39, 0.29) is 6.42 Å². The number of hydrogen-bond acceptors (Lipinski definition) is 7. The number of benzene rings is 3. The van der Waals surface area contributed by atoms with Crippen LogP contribution in [0, 0.1) is 11.3 Å². The van der Waals surface area contributed by atoms with Crippen molar-refractivity contribution >= 4 is 17.6 Å². The Morgan fingerprint density at radius 3 is 2.14 bits per heavy atom. The topological polar surface area (TPSA) is 87.0 Å². The van der Waals surface area contributed by atoms with Gasteiger partial charge in [-0.25, -0.2) is 0 Å². The van der Waals surface area contributed by atoms with E-state index in [1.54, 1.807) is 49.6 Å². The molecule has 0 saturated heterocycles. The minimum atomic E-state index is -0.418. The molecule has 0 N–H and O–H groups in total. The van der Waals surface area contributed by atoms with Crippen molar-refractivity contribution in [3.63, 3.8) is 0 Å². The highest BCUT2D eigenvalue weighted by Crippen LogP contribution is 2.33. The summed E-state index contributed by atoms with van der Waals surface area (Å²) in [4.78, 5) is 12.5. The molecular weight excluding hydrogens is 446 g/mol. The quantitative estimate of drug-likeness (QED) is 0.170. The molecule has 7 nitrogen and oxygen atoms in total. The fourth-order valence-corrected chi connectivity index (χ4v) is 3.40. The Bertz CT molecular complexity index is 1240. The first-order valence-corrected chi connectivity index (χ1v) is 11.0. The van der Waals surface area contributed by atoms with Gasteiger partial charge in [0.2, 0.25) is 0 Å². The Morgan fingerprint density at radius 1 is 0.857 bits per heavy atom. The van der Waals surface area contributed by atoms with E-state index in [9.17, 15) is 10.1 Å². The van der Waals surface area contributed by atoms with E-state index in [0.29, 0.717) is 46.3 Å². The normalized spacial score (nSPS) is 10.8. The lowest BCUT2D eigenvalue weighted by Gasteiger charge is -2.11. The van der Waals surface area contributed by atoms with Crippen LogP contribution in [0.5, 0.6) is 28.7 Å². The second kappa shape index (κ2) is 12.1. The summed E-state index contributed by atoms with van der Waals surface area (Å²) >= 11 is 0. The van der Waals surface area contributed by atoms with Gasteiger partial charge in [-0.15, -0.1) is 0 Å².